The largest absolute Gasteiger partial charge is 0.416 e. The van der Waals surface area contributed by atoms with Gasteiger partial charge in [0.25, 0.3) is 0 Å². The lowest BCUT2D eigenvalue weighted by atomic mass is 9.78. The molecule has 2 heterocycles. The number of piperidine rings is 1. The number of alkyl halides is 6. The van der Waals surface area contributed by atoms with Gasteiger partial charge in [0.2, 0.25) is 11.9 Å². The number of aromatic nitrogens is 2. The van der Waals surface area contributed by atoms with Crippen LogP contribution >= 0.6 is 15.9 Å². The summed E-state index contributed by atoms with van der Waals surface area (Å²) >= 11 is 3.29. The molecule has 0 bridgehead atoms. The first-order valence-corrected chi connectivity index (χ1v) is 17.1. The van der Waals surface area contributed by atoms with Crippen LogP contribution in [0, 0.1) is 11.8 Å². The standard InChI is InChI=1S/C33H43BrF6N4O3/c1-4-26-15-28(16-27(5-2)44(26)30(46)22-9-7-20(8-10-22)13-29(45)47-6-3)43(31-41-17-25(34)18-42-31)19-21-11-23(32(35,36)37)14-24(12-21)33(38,39)40/h11-12,14,17-18,20,22,26-29,45H,4-10,13,15-16,19H2,1-3H3/t20?,22?,26-,27+,28?,29?. The molecule has 2 unspecified atom stereocenters. The first-order chi connectivity index (χ1) is 22.1. The summed E-state index contributed by atoms with van der Waals surface area (Å²) in [7, 11) is 0. The highest BCUT2D eigenvalue weighted by Gasteiger charge is 2.43. The lowest BCUT2D eigenvalue weighted by Gasteiger charge is -2.49. The topological polar surface area (TPSA) is 78.8 Å². The third kappa shape index (κ3) is 9.59. The summed E-state index contributed by atoms with van der Waals surface area (Å²) in [5.74, 6) is 0.404. The van der Waals surface area contributed by atoms with Gasteiger partial charge >= 0.3 is 12.4 Å². The van der Waals surface area contributed by atoms with Crippen LogP contribution in [0.1, 0.15) is 95.2 Å². The van der Waals surface area contributed by atoms with Gasteiger partial charge in [0.1, 0.15) is 0 Å². The molecule has 7 nitrogen and oxygen atoms in total. The van der Waals surface area contributed by atoms with E-state index in [1.807, 2.05) is 25.7 Å². The molecule has 1 aromatic carbocycles. The second-order valence-corrected chi connectivity index (χ2v) is 13.5. The lowest BCUT2D eigenvalue weighted by molar-refractivity contribution is -0.145. The zero-order chi connectivity index (χ0) is 34.5. The quantitative estimate of drug-likeness (QED) is 0.185. The molecule has 1 N–H and O–H groups in total. The summed E-state index contributed by atoms with van der Waals surface area (Å²) in [6.45, 7) is 5.94. The monoisotopic (exact) mass is 736 g/mol. The number of aliphatic hydroxyl groups excluding tert-OH is 1. The Morgan fingerprint density at radius 3 is 1.96 bits per heavy atom. The van der Waals surface area contributed by atoms with E-state index in [0.717, 1.165) is 25.0 Å². The summed E-state index contributed by atoms with van der Waals surface area (Å²) in [6.07, 6.45) is -2.00. The van der Waals surface area contributed by atoms with Crippen molar-refractivity contribution in [3.8, 4) is 0 Å². The number of carbonyl (C=O) groups excluding carboxylic acids is 1. The SMILES string of the molecule is CCOC(O)CC1CCC(C(=O)N2[C@H](CC)CC(N(Cc3cc(C(F)(F)F)cc(C(F)(F)F)c3)c3ncc(Br)cn3)C[C@@H]2CC)CC1. The van der Waals surface area contributed by atoms with Crippen molar-refractivity contribution in [2.24, 2.45) is 11.8 Å². The van der Waals surface area contributed by atoms with E-state index in [1.165, 1.54) is 12.4 Å². The molecule has 4 atom stereocenters. The van der Waals surface area contributed by atoms with E-state index in [1.54, 1.807) is 4.90 Å². The molecular formula is C33H43BrF6N4O3. The summed E-state index contributed by atoms with van der Waals surface area (Å²) in [5, 5.41) is 10.1. The van der Waals surface area contributed by atoms with Crippen LogP contribution in [-0.4, -0.2) is 56.9 Å². The van der Waals surface area contributed by atoms with Crippen LogP contribution in [-0.2, 0) is 28.4 Å². The molecule has 262 valence electrons. The molecule has 1 amide bonds. The molecule has 1 aliphatic carbocycles. The first kappa shape index (κ1) is 37.4. The molecule has 4 rings (SSSR count). The normalized spacial score (nSPS) is 24.7. The molecule has 2 aliphatic rings. The van der Waals surface area contributed by atoms with E-state index in [4.69, 9.17) is 4.74 Å². The van der Waals surface area contributed by atoms with Gasteiger partial charge in [-0.3, -0.25) is 4.79 Å². The Balaban J connectivity index is 1.59. The molecule has 14 heteroatoms. The van der Waals surface area contributed by atoms with Crippen LogP contribution in [0.3, 0.4) is 0 Å². The number of anilines is 1. The second kappa shape index (κ2) is 15.8. The van der Waals surface area contributed by atoms with Crippen molar-refractivity contribution >= 4 is 27.8 Å². The Bertz CT molecular complexity index is 1270. The van der Waals surface area contributed by atoms with Crippen molar-refractivity contribution in [3.05, 3.63) is 51.8 Å². The van der Waals surface area contributed by atoms with E-state index < -0.39 is 29.8 Å². The van der Waals surface area contributed by atoms with Crippen molar-refractivity contribution in [2.45, 2.75) is 122 Å². The van der Waals surface area contributed by atoms with Crippen LogP contribution in [0.4, 0.5) is 32.3 Å². The Labute approximate surface area is 280 Å². The summed E-state index contributed by atoms with van der Waals surface area (Å²) in [5.41, 5.74) is -2.91. The Kier molecular flexibility index (Phi) is 12.6. The maximum atomic E-state index is 14.1. The van der Waals surface area contributed by atoms with Gasteiger partial charge in [0, 0.05) is 56.0 Å². The fraction of sp³-hybridized carbons (Fsp3) is 0.667. The van der Waals surface area contributed by atoms with Gasteiger partial charge in [-0.25, -0.2) is 9.97 Å². The van der Waals surface area contributed by atoms with E-state index in [0.29, 0.717) is 56.0 Å². The van der Waals surface area contributed by atoms with Crippen LogP contribution in [0.15, 0.2) is 35.1 Å². The number of nitrogens with zero attached hydrogens (tertiary/aromatic N) is 4. The van der Waals surface area contributed by atoms with Gasteiger partial charge in [0.15, 0.2) is 6.29 Å². The van der Waals surface area contributed by atoms with Gasteiger partial charge < -0.3 is 19.6 Å². The third-order valence-electron chi connectivity index (χ3n) is 9.47. The molecule has 1 aliphatic heterocycles. The fourth-order valence-electron chi connectivity index (χ4n) is 7.12. The lowest BCUT2D eigenvalue weighted by Crippen LogP contribution is -2.58. The molecule has 1 saturated heterocycles. The zero-order valence-corrected chi connectivity index (χ0v) is 28.4. The number of hydrogen-bond donors (Lipinski definition) is 1. The molecule has 2 fully saturated rings. The number of hydrogen-bond acceptors (Lipinski definition) is 6. The maximum Gasteiger partial charge on any atom is 0.416 e. The smallest absolute Gasteiger partial charge is 0.368 e. The number of halogens is 7. The van der Waals surface area contributed by atoms with Crippen molar-refractivity contribution in [1.82, 2.24) is 14.9 Å². The number of benzene rings is 1. The van der Waals surface area contributed by atoms with Crippen LogP contribution in [0.25, 0.3) is 0 Å². The molecule has 2 aromatic rings. The van der Waals surface area contributed by atoms with Gasteiger partial charge in [-0.1, -0.05) is 13.8 Å². The van der Waals surface area contributed by atoms with Crippen molar-refractivity contribution in [1.29, 1.82) is 0 Å². The number of ether oxygens (including phenoxy) is 1. The zero-order valence-electron chi connectivity index (χ0n) is 26.8. The number of carbonyl (C=O) groups is 1. The van der Waals surface area contributed by atoms with Gasteiger partial charge in [-0.05, 0) is 104 Å². The maximum absolute atomic E-state index is 14.1. The number of amides is 1. The molecule has 47 heavy (non-hydrogen) atoms. The third-order valence-corrected chi connectivity index (χ3v) is 9.88. The molecular weight excluding hydrogens is 694 g/mol. The van der Waals surface area contributed by atoms with Crippen LogP contribution < -0.4 is 4.90 Å². The average Bonchev–Trinajstić information content (AvgIpc) is 3.02. The second-order valence-electron chi connectivity index (χ2n) is 12.6. The van der Waals surface area contributed by atoms with E-state index in [2.05, 4.69) is 25.9 Å². The van der Waals surface area contributed by atoms with E-state index in [9.17, 15) is 36.2 Å². The number of likely N-dealkylation sites (tertiary alicyclic amines) is 1. The van der Waals surface area contributed by atoms with E-state index in [-0.39, 0.29) is 60.0 Å². The minimum atomic E-state index is -4.97. The number of rotatable bonds is 11. The highest BCUT2D eigenvalue weighted by Crippen LogP contribution is 2.40. The number of aliphatic hydroxyl groups is 1. The fourth-order valence-corrected chi connectivity index (χ4v) is 7.32. The van der Waals surface area contributed by atoms with E-state index >= 15 is 0 Å². The Morgan fingerprint density at radius 2 is 1.49 bits per heavy atom. The Morgan fingerprint density at radius 1 is 0.957 bits per heavy atom. The predicted octanol–water partition coefficient (Wildman–Crippen LogP) is 8.38. The highest BCUT2D eigenvalue weighted by molar-refractivity contribution is 9.10. The predicted molar refractivity (Wildman–Crippen MR) is 168 cm³/mol. The average molecular weight is 738 g/mol. The highest BCUT2D eigenvalue weighted by atomic mass is 79.9. The molecule has 0 radical (unpaired) electrons. The van der Waals surface area contributed by atoms with Gasteiger partial charge in [-0.15, -0.1) is 0 Å². The van der Waals surface area contributed by atoms with Crippen molar-refractivity contribution in [2.75, 3.05) is 11.5 Å². The first-order valence-electron chi connectivity index (χ1n) is 16.3. The summed E-state index contributed by atoms with van der Waals surface area (Å²) in [4.78, 5) is 26.5. The summed E-state index contributed by atoms with van der Waals surface area (Å²) in [6, 6.07) is 0.900. The Hall–Kier alpha value is -2.45. The molecule has 1 saturated carbocycles. The molecule has 0 spiro atoms. The van der Waals surface area contributed by atoms with Crippen molar-refractivity contribution in [3.63, 3.8) is 0 Å². The van der Waals surface area contributed by atoms with Crippen molar-refractivity contribution < 1.29 is 41.0 Å². The van der Waals surface area contributed by atoms with Gasteiger partial charge in [0.05, 0.1) is 15.6 Å². The van der Waals surface area contributed by atoms with Crippen LogP contribution in [0.2, 0.25) is 0 Å². The molecule has 1 aromatic heterocycles. The minimum Gasteiger partial charge on any atom is -0.368 e. The minimum absolute atomic E-state index is 0.0881. The van der Waals surface area contributed by atoms with Gasteiger partial charge in [-0.2, -0.15) is 26.3 Å². The van der Waals surface area contributed by atoms with Crippen LogP contribution in [0.5, 0.6) is 0 Å². The summed E-state index contributed by atoms with van der Waals surface area (Å²) < 4.78 is 88.1.